The molecule has 1 N–H and O–H groups in total. The van der Waals surface area contributed by atoms with Crippen LogP contribution in [0.25, 0.3) is 0 Å². The van der Waals surface area contributed by atoms with Gasteiger partial charge in [0.15, 0.2) is 0 Å². The van der Waals surface area contributed by atoms with E-state index in [1.54, 1.807) is 0 Å². The number of carbonyl (C=O) groups excluding carboxylic acids is 1. The molecule has 1 fully saturated rings. The molecule has 2 aromatic carbocycles. The first-order valence-corrected chi connectivity index (χ1v) is 8.32. The Labute approximate surface area is 137 Å². The van der Waals surface area contributed by atoms with Crippen LogP contribution >= 0.6 is 0 Å². The number of amides is 1. The predicted octanol–water partition coefficient (Wildman–Crippen LogP) is 4.50. The highest BCUT2D eigenvalue weighted by atomic mass is 16.5. The topological polar surface area (TPSA) is 38.3 Å². The summed E-state index contributed by atoms with van der Waals surface area (Å²) in [6, 6.07) is 15.6. The van der Waals surface area contributed by atoms with Gasteiger partial charge in [-0.25, -0.2) is 0 Å². The van der Waals surface area contributed by atoms with E-state index in [0.29, 0.717) is 12.5 Å². The largest absolute Gasteiger partial charge is 0.490 e. The van der Waals surface area contributed by atoms with Crippen molar-refractivity contribution in [1.82, 2.24) is 0 Å². The third-order valence-corrected chi connectivity index (χ3v) is 4.36. The van der Waals surface area contributed by atoms with Gasteiger partial charge in [0, 0.05) is 5.69 Å². The van der Waals surface area contributed by atoms with E-state index in [9.17, 15) is 4.79 Å². The Bertz CT molecular complexity index is 658. The summed E-state index contributed by atoms with van der Waals surface area (Å²) in [6.45, 7) is 2.03. The molecule has 0 saturated heterocycles. The van der Waals surface area contributed by atoms with Crippen molar-refractivity contribution >= 4 is 11.6 Å². The van der Waals surface area contributed by atoms with Gasteiger partial charge in [0.1, 0.15) is 5.75 Å². The van der Waals surface area contributed by atoms with Crippen molar-refractivity contribution < 1.29 is 9.53 Å². The summed E-state index contributed by atoms with van der Waals surface area (Å²) in [4.78, 5) is 12.2. The molecule has 3 heteroatoms. The number of ether oxygens (including phenoxy) is 1. The molecule has 1 saturated carbocycles. The molecule has 23 heavy (non-hydrogen) atoms. The molecular formula is C20H23NO2. The van der Waals surface area contributed by atoms with Crippen molar-refractivity contribution in [2.45, 2.75) is 45.1 Å². The molecule has 3 rings (SSSR count). The van der Waals surface area contributed by atoms with Crippen molar-refractivity contribution in [3.63, 3.8) is 0 Å². The van der Waals surface area contributed by atoms with Crippen LogP contribution in [-0.4, -0.2) is 12.0 Å². The molecule has 1 aliphatic carbocycles. The van der Waals surface area contributed by atoms with Crippen molar-refractivity contribution in [2.24, 2.45) is 0 Å². The summed E-state index contributed by atoms with van der Waals surface area (Å²) in [5.41, 5.74) is 3.01. The van der Waals surface area contributed by atoms with Gasteiger partial charge in [-0.2, -0.15) is 0 Å². The molecule has 0 aromatic heterocycles. The minimum atomic E-state index is 0.00348. The maximum atomic E-state index is 12.2. The van der Waals surface area contributed by atoms with Crippen molar-refractivity contribution in [2.75, 3.05) is 5.32 Å². The molecule has 1 amide bonds. The minimum absolute atomic E-state index is 0.00348. The van der Waals surface area contributed by atoms with Gasteiger partial charge in [0.05, 0.1) is 12.5 Å². The Balaban J connectivity index is 1.55. The van der Waals surface area contributed by atoms with Crippen molar-refractivity contribution in [1.29, 1.82) is 0 Å². The fourth-order valence-electron chi connectivity index (χ4n) is 3.00. The van der Waals surface area contributed by atoms with Crippen molar-refractivity contribution in [3.05, 3.63) is 59.7 Å². The van der Waals surface area contributed by atoms with E-state index in [0.717, 1.165) is 35.4 Å². The highest BCUT2D eigenvalue weighted by Gasteiger charge is 2.16. The zero-order valence-corrected chi connectivity index (χ0v) is 13.5. The van der Waals surface area contributed by atoms with Gasteiger partial charge in [-0.15, -0.1) is 0 Å². The molecule has 0 heterocycles. The van der Waals surface area contributed by atoms with Gasteiger partial charge in [0.25, 0.3) is 0 Å². The van der Waals surface area contributed by atoms with E-state index in [-0.39, 0.29) is 5.91 Å². The fraction of sp³-hybridized carbons (Fsp3) is 0.350. The highest BCUT2D eigenvalue weighted by molar-refractivity contribution is 5.92. The van der Waals surface area contributed by atoms with Crippen LogP contribution in [-0.2, 0) is 11.2 Å². The normalized spacial score (nSPS) is 14.7. The Kier molecular flexibility index (Phi) is 4.96. The second kappa shape index (κ2) is 7.32. The zero-order valence-electron chi connectivity index (χ0n) is 13.5. The first kappa shape index (κ1) is 15.6. The molecule has 0 aliphatic heterocycles. The number of carbonyl (C=O) groups is 1. The third-order valence-electron chi connectivity index (χ3n) is 4.36. The van der Waals surface area contributed by atoms with Crippen LogP contribution in [0, 0.1) is 6.92 Å². The average molecular weight is 309 g/mol. The van der Waals surface area contributed by atoms with Gasteiger partial charge in [-0.05, 0) is 68.0 Å². The molecule has 0 spiro atoms. The molecule has 2 aromatic rings. The summed E-state index contributed by atoms with van der Waals surface area (Å²) >= 11 is 0. The number of hydrogen-bond acceptors (Lipinski definition) is 2. The molecule has 1 aliphatic rings. The monoisotopic (exact) mass is 309 g/mol. The molecule has 0 unspecified atom stereocenters. The molecule has 0 radical (unpaired) electrons. The smallest absolute Gasteiger partial charge is 0.228 e. The Hall–Kier alpha value is -2.29. The average Bonchev–Trinajstić information content (AvgIpc) is 3.04. The predicted molar refractivity (Wildman–Crippen MR) is 92.8 cm³/mol. The lowest BCUT2D eigenvalue weighted by molar-refractivity contribution is -0.115. The Morgan fingerprint density at radius 1 is 1.09 bits per heavy atom. The van der Waals surface area contributed by atoms with Crippen LogP contribution in [0.1, 0.15) is 36.8 Å². The second-order valence-corrected chi connectivity index (χ2v) is 6.20. The summed E-state index contributed by atoms with van der Waals surface area (Å²) in [5.74, 6) is 0.887. The fourth-order valence-corrected chi connectivity index (χ4v) is 3.00. The number of rotatable bonds is 5. The van der Waals surface area contributed by atoms with Crippen LogP contribution in [0.15, 0.2) is 48.5 Å². The highest BCUT2D eigenvalue weighted by Crippen LogP contribution is 2.25. The van der Waals surface area contributed by atoms with Gasteiger partial charge in [0.2, 0.25) is 5.91 Å². The van der Waals surface area contributed by atoms with Gasteiger partial charge in [-0.1, -0.05) is 24.3 Å². The van der Waals surface area contributed by atoms with Gasteiger partial charge >= 0.3 is 0 Å². The van der Waals surface area contributed by atoms with E-state index in [1.165, 1.54) is 12.8 Å². The zero-order chi connectivity index (χ0) is 16.1. The van der Waals surface area contributed by atoms with E-state index in [4.69, 9.17) is 4.74 Å². The molecular weight excluding hydrogens is 286 g/mol. The van der Waals surface area contributed by atoms with E-state index in [1.807, 2.05) is 55.5 Å². The van der Waals surface area contributed by atoms with Crippen LogP contribution in [0.5, 0.6) is 5.75 Å². The standard InChI is InChI=1S/C20H23NO2/c1-15-6-2-3-7-16(15)14-20(22)21-17-10-12-19(13-11-17)23-18-8-4-5-9-18/h2-3,6-7,10-13,18H,4-5,8-9,14H2,1H3,(H,21,22). The lowest BCUT2D eigenvalue weighted by Gasteiger charge is -2.13. The summed E-state index contributed by atoms with van der Waals surface area (Å²) < 4.78 is 5.93. The van der Waals surface area contributed by atoms with E-state index >= 15 is 0 Å². The summed E-state index contributed by atoms with van der Waals surface area (Å²) in [7, 11) is 0. The van der Waals surface area contributed by atoms with E-state index in [2.05, 4.69) is 5.32 Å². The van der Waals surface area contributed by atoms with Crippen LogP contribution in [0.3, 0.4) is 0 Å². The van der Waals surface area contributed by atoms with Gasteiger partial charge < -0.3 is 10.1 Å². The third kappa shape index (κ3) is 4.35. The molecule has 120 valence electrons. The number of nitrogens with one attached hydrogen (secondary N) is 1. The summed E-state index contributed by atoms with van der Waals surface area (Å²) in [5, 5.41) is 2.94. The lowest BCUT2D eigenvalue weighted by atomic mass is 10.1. The number of aryl methyl sites for hydroxylation is 1. The quantitative estimate of drug-likeness (QED) is 0.883. The number of hydrogen-bond donors (Lipinski definition) is 1. The SMILES string of the molecule is Cc1ccccc1CC(=O)Nc1ccc(OC2CCCC2)cc1. The number of anilines is 1. The summed E-state index contributed by atoms with van der Waals surface area (Å²) in [6.07, 6.45) is 5.57. The van der Waals surface area contributed by atoms with Gasteiger partial charge in [-0.3, -0.25) is 4.79 Å². The van der Waals surface area contributed by atoms with Crippen LogP contribution in [0.2, 0.25) is 0 Å². The Morgan fingerprint density at radius 2 is 1.78 bits per heavy atom. The first-order chi connectivity index (χ1) is 11.2. The minimum Gasteiger partial charge on any atom is -0.490 e. The number of benzene rings is 2. The second-order valence-electron chi connectivity index (χ2n) is 6.20. The first-order valence-electron chi connectivity index (χ1n) is 8.32. The lowest BCUT2D eigenvalue weighted by Crippen LogP contribution is -2.15. The maximum Gasteiger partial charge on any atom is 0.228 e. The van der Waals surface area contributed by atoms with Crippen LogP contribution in [0.4, 0.5) is 5.69 Å². The van der Waals surface area contributed by atoms with E-state index < -0.39 is 0 Å². The van der Waals surface area contributed by atoms with Crippen molar-refractivity contribution in [3.8, 4) is 5.75 Å². The molecule has 0 bridgehead atoms. The maximum absolute atomic E-state index is 12.2. The Morgan fingerprint density at radius 3 is 2.48 bits per heavy atom. The van der Waals surface area contributed by atoms with Crippen LogP contribution < -0.4 is 10.1 Å². The molecule has 0 atom stereocenters. The molecule has 3 nitrogen and oxygen atoms in total.